The Hall–Kier alpha value is -2.60. The van der Waals surface area contributed by atoms with Crippen molar-refractivity contribution in [3.05, 3.63) is 71.8 Å². The molecule has 0 aliphatic heterocycles. The minimum Gasteiger partial charge on any atom is -0.479 e. The van der Waals surface area contributed by atoms with E-state index >= 15 is 0 Å². The molecule has 0 aliphatic carbocycles. The van der Waals surface area contributed by atoms with Crippen LogP contribution in [-0.2, 0) is 20.8 Å². The van der Waals surface area contributed by atoms with Crippen LogP contribution in [0, 0.1) is 5.92 Å². The first kappa shape index (κ1) is 20.7. The highest BCUT2D eigenvalue weighted by Crippen LogP contribution is 2.19. The number of hydrogen-bond donors (Lipinski definition) is 2. The highest BCUT2D eigenvalue weighted by atomic mass is 32.2. The molecule has 5 nitrogen and oxygen atoms in total. The van der Waals surface area contributed by atoms with Crippen molar-refractivity contribution >= 4 is 28.8 Å². The van der Waals surface area contributed by atoms with E-state index in [0.717, 1.165) is 17.3 Å². The van der Waals surface area contributed by atoms with Crippen molar-refractivity contribution in [2.24, 2.45) is 5.92 Å². The van der Waals surface area contributed by atoms with Crippen molar-refractivity contribution in [1.29, 1.82) is 0 Å². The third-order valence-electron chi connectivity index (χ3n) is 4.15. The standard InChI is InChI=1S/C21H23NO4S/c1-15(23)27-14-18(13-12-16-8-4-2-5-9-16)20(24)22-19(21(25)26)17-10-6-3-7-11-17/h2-11,18-19H,12-14H2,1H3,(H,22,24)(H,25,26)/t18?,19-/m1/s1. The topological polar surface area (TPSA) is 83.5 Å². The molecule has 2 aromatic rings. The molecule has 2 atom stereocenters. The molecule has 0 bridgehead atoms. The lowest BCUT2D eigenvalue weighted by molar-refractivity contribution is -0.142. The number of amides is 1. The first-order valence-electron chi connectivity index (χ1n) is 8.72. The Morgan fingerprint density at radius 3 is 2.15 bits per heavy atom. The lowest BCUT2D eigenvalue weighted by Gasteiger charge is -2.20. The van der Waals surface area contributed by atoms with Gasteiger partial charge in [-0.25, -0.2) is 4.79 Å². The molecular weight excluding hydrogens is 362 g/mol. The summed E-state index contributed by atoms with van der Waals surface area (Å²) in [5.74, 6) is -1.59. The summed E-state index contributed by atoms with van der Waals surface area (Å²) >= 11 is 1.09. The summed E-state index contributed by atoms with van der Waals surface area (Å²) in [6.07, 6.45) is 1.22. The zero-order chi connectivity index (χ0) is 19.6. The normalized spacial score (nSPS) is 12.8. The highest BCUT2D eigenvalue weighted by molar-refractivity contribution is 8.13. The van der Waals surface area contributed by atoms with E-state index in [1.54, 1.807) is 30.3 Å². The molecule has 0 heterocycles. The van der Waals surface area contributed by atoms with E-state index in [9.17, 15) is 19.5 Å². The van der Waals surface area contributed by atoms with Crippen LogP contribution in [0.5, 0.6) is 0 Å². The number of carbonyl (C=O) groups is 3. The number of benzene rings is 2. The van der Waals surface area contributed by atoms with Crippen molar-refractivity contribution in [1.82, 2.24) is 5.32 Å². The first-order valence-corrected chi connectivity index (χ1v) is 9.71. The Morgan fingerprint density at radius 1 is 1.00 bits per heavy atom. The zero-order valence-electron chi connectivity index (χ0n) is 15.1. The van der Waals surface area contributed by atoms with Gasteiger partial charge in [0.1, 0.15) is 0 Å². The summed E-state index contributed by atoms with van der Waals surface area (Å²) in [7, 11) is 0. The van der Waals surface area contributed by atoms with E-state index in [2.05, 4.69) is 5.32 Å². The quantitative estimate of drug-likeness (QED) is 0.691. The van der Waals surface area contributed by atoms with Gasteiger partial charge in [-0.05, 0) is 24.0 Å². The molecule has 0 saturated heterocycles. The zero-order valence-corrected chi connectivity index (χ0v) is 15.9. The second-order valence-corrected chi connectivity index (χ2v) is 7.41. The number of carboxylic acids is 1. The Bertz CT molecular complexity index is 764. The van der Waals surface area contributed by atoms with E-state index in [-0.39, 0.29) is 11.0 Å². The van der Waals surface area contributed by atoms with Crippen LogP contribution in [0.2, 0.25) is 0 Å². The Labute approximate surface area is 163 Å². The lowest BCUT2D eigenvalue weighted by atomic mass is 9.99. The Morgan fingerprint density at radius 2 is 1.59 bits per heavy atom. The number of thioether (sulfide) groups is 1. The van der Waals surface area contributed by atoms with E-state index < -0.39 is 17.9 Å². The van der Waals surface area contributed by atoms with Crippen LogP contribution < -0.4 is 5.32 Å². The average molecular weight is 385 g/mol. The second kappa shape index (κ2) is 10.5. The number of aryl methyl sites for hydroxylation is 1. The van der Waals surface area contributed by atoms with E-state index in [4.69, 9.17) is 0 Å². The third kappa shape index (κ3) is 6.90. The molecular formula is C21H23NO4S. The molecule has 0 spiro atoms. The van der Waals surface area contributed by atoms with Crippen molar-refractivity contribution in [2.45, 2.75) is 25.8 Å². The lowest BCUT2D eigenvalue weighted by Crippen LogP contribution is -2.38. The monoisotopic (exact) mass is 385 g/mol. The fourth-order valence-electron chi connectivity index (χ4n) is 2.69. The molecule has 2 N–H and O–H groups in total. The highest BCUT2D eigenvalue weighted by Gasteiger charge is 2.26. The Balaban J connectivity index is 2.08. The van der Waals surface area contributed by atoms with Gasteiger partial charge in [-0.15, -0.1) is 0 Å². The van der Waals surface area contributed by atoms with Crippen molar-refractivity contribution in [3.63, 3.8) is 0 Å². The Kier molecular flexibility index (Phi) is 8.07. The summed E-state index contributed by atoms with van der Waals surface area (Å²) in [5, 5.41) is 12.1. The first-order chi connectivity index (χ1) is 13.0. The summed E-state index contributed by atoms with van der Waals surface area (Å²) in [4.78, 5) is 35.7. The van der Waals surface area contributed by atoms with Gasteiger partial charge in [-0.3, -0.25) is 9.59 Å². The molecule has 6 heteroatoms. The SMILES string of the molecule is CC(=O)SCC(CCc1ccccc1)C(=O)N[C@@H](C(=O)O)c1ccccc1. The van der Waals surface area contributed by atoms with Crippen LogP contribution in [0.3, 0.4) is 0 Å². The van der Waals surface area contributed by atoms with Gasteiger partial charge in [0.05, 0.1) is 0 Å². The van der Waals surface area contributed by atoms with Gasteiger partial charge in [-0.1, -0.05) is 72.4 Å². The average Bonchev–Trinajstić information content (AvgIpc) is 2.67. The predicted octanol–water partition coefficient (Wildman–Crippen LogP) is 3.46. The molecule has 27 heavy (non-hydrogen) atoms. The molecule has 142 valence electrons. The van der Waals surface area contributed by atoms with Gasteiger partial charge in [0, 0.05) is 18.6 Å². The third-order valence-corrected chi connectivity index (χ3v) is 5.12. The molecule has 2 rings (SSSR count). The van der Waals surface area contributed by atoms with Crippen LogP contribution >= 0.6 is 11.8 Å². The summed E-state index contributed by atoms with van der Waals surface area (Å²) in [5.41, 5.74) is 1.61. The van der Waals surface area contributed by atoms with Crippen molar-refractivity contribution in [3.8, 4) is 0 Å². The maximum atomic E-state index is 12.8. The minimum absolute atomic E-state index is 0.0645. The smallest absolute Gasteiger partial charge is 0.330 e. The van der Waals surface area contributed by atoms with Crippen LogP contribution in [0.15, 0.2) is 60.7 Å². The molecule has 0 aromatic heterocycles. The molecule has 0 aliphatic rings. The molecule has 1 unspecified atom stereocenters. The number of nitrogens with one attached hydrogen (secondary N) is 1. The van der Waals surface area contributed by atoms with E-state index in [1.807, 2.05) is 30.3 Å². The van der Waals surface area contributed by atoms with E-state index in [1.165, 1.54) is 6.92 Å². The summed E-state index contributed by atoms with van der Waals surface area (Å²) in [6, 6.07) is 17.2. The predicted molar refractivity (Wildman–Crippen MR) is 106 cm³/mol. The number of carbonyl (C=O) groups excluding carboxylic acids is 2. The van der Waals surface area contributed by atoms with Gasteiger partial charge in [0.2, 0.25) is 5.91 Å². The molecule has 1 amide bonds. The minimum atomic E-state index is -1.12. The van der Waals surface area contributed by atoms with Gasteiger partial charge in [0.15, 0.2) is 11.2 Å². The maximum absolute atomic E-state index is 12.8. The molecule has 0 radical (unpaired) electrons. The van der Waals surface area contributed by atoms with Crippen LogP contribution in [0.4, 0.5) is 0 Å². The van der Waals surface area contributed by atoms with Crippen molar-refractivity contribution < 1.29 is 19.5 Å². The largest absolute Gasteiger partial charge is 0.479 e. The fourth-order valence-corrected chi connectivity index (χ4v) is 3.44. The number of hydrogen-bond acceptors (Lipinski definition) is 4. The molecule has 2 aromatic carbocycles. The van der Waals surface area contributed by atoms with Crippen LogP contribution in [-0.4, -0.2) is 27.9 Å². The summed E-state index contributed by atoms with van der Waals surface area (Å²) in [6.45, 7) is 1.46. The maximum Gasteiger partial charge on any atom is 0.330 e. The van der Waals surface area contributed by atoms with Gasteiger partial charge >= 0.3 is 5.97 Å². The van der Waals surface area contributed by atoms with Crippen LogP contribution in [0.1, 0.15) is 30.5 Å². The molecule has 0 saturated carbocycles. The summed E-state index contributed by atoms with van der Waals surface area (Å²) < 4.78 is 0. The fraction of sp³-hybridized carbons (Fsp3) is 0.286. The van der Waals surface area contributed by atoms with Crippen molar-refractivity contribution in [2.75, 3.05) is 5.75 Å². The molecule has 0 fully saturated rings. The van der Waals surface area contributed by atoms with Crippen LogP contribution in [0.25, 0.3) is 0 Å². The number of rotatable bonds is 9. The van der Waals surface area contributed by atoms with Gasteiger partial charge in [0.25, 0.3) is 0 Å². The van der Waals surface area contributed by atoms with Gasteiger partial charge in [-0.2, -0.15) is 0 Å². The van der Waals surface area contributed by atoms with E-state index in [0.29, 0.717) is 24.2 Å². The number of carboxylic acid groups (broad SMARTS) is 1. The second-order valence-electron chi connectivity index (χ2n) is 6.21. The van der Waals surface area contributed by atoms with Gasteiger partial charge < -0.3 is 10.4 Å². The number of aliphatic carboxylic acids is 1.